The van der Waals surface area contributed by atoms with E-state index >= 15 is 0 Å². The third-order valence-corrected chi connectivity index (χ3v) is 7.18. The van der Waals surface area contributed by atoms with Gasteiger partial charge < -0.3 is 15.5 Å². The molecule has 2 aliphatic heterocycles. The lowest BCUT2D eigenvalue weighted by molar-refractivity contribution is -0.973. The quantitative estimate of drug-likeness (QED) is 0.740. The Morgan fingerprint density at radius 1 is 1.11 bits per heavy atom. The standard InChI is InChI=1S/C22H29N3OS/c1-15-6-3-7-16(2)21(15)24-22(26)23-17-12-18-8-4-9-19(13-17)25(18)14-20-10-5-11-27-20/h3,5-7,10-11,17-19H,4,8-9,12-14H2,1-2H3,(H2,23,24,26)/p+1/t17?,18-,19+. The van der Waals surface area contributed by atoms with Crippen LogP contribution in [0.4, 0.5) is 10.5 Å². The summed E-state index contributed by atoms with van der Waals surface area (Å²) in [4.78, 5) is 15.8. The molecular weight excluding hydrogens is 354 g/mol. The number of aryl methyl sites for hydroxylation is 2. The highest BCUT2D eigenvalue weighted by Crippen LogP contribution is 2.24. The SMILES string of the molecule is Cc1cccc(C)c1NC(=O)NC1C[C@H]2CCC[C@@H](C1)[NH+]2Cc1cccs1. The van der Waals surface area contributed by atoms with Crippen LogP contribution in [-0.2, 0) is 6.54 Å². The van der Waals surface area contributed by atoms with Gasteiger partial charge in [-0.1, -0.05) is 24.3 Å². The van der Waals surface area contributed by atoms with Crippen molar-refractivity contribution >= 4 is 23.1 Å². The molecule has 2 bridgehead atoms. The van der Waals surface area contributed by atoms with Crippen LogP contribution in [0, 0.1) is 13.8 Å². The number of carbonyl (C=O) groups excluding carboxylic acids is 1. The molecule has 4 atom stereocenters. The Morgan fingerprint density at radius 2 is 1.81 bits per heavy atom. The second-order valence-corrected chi connectivity index (χ2v) is 9.22. The third kappa shape index (κ3) is 4.19. The molecule has 0 spiro atoms. The monoisotopic (exact) mass is 384 g/mol. The van der Waals surface area contributed by atoms with Crippen LogP contribution in [0.25, 0.3) is 0 Å². The highest BCUT2D eigenvalue weighted by atomic mass is 32.1. The van der Waals surface area contributed by atoms with Gasteiger partial charge in [0.05, 0.1) is 17.0 Å². The maximum Gasteiger partial charge on any atom is 0.319 e. The number of benzene rings is 1. The molecule has 2 amide bonds. The Bertz CT molecular complexity index is 755. The molecule has 2 aromatic rings. The molecule has 27 heavy (non-hydrogen) atoms. The number of hydrogen-bond acceptors (Lipinski definition) is 2. The number of para-hydroxylation sites is 1. The Balaban J connectivity index is 1.38. The molecule has 2 unspecified atom stereocenters. The molecule has 4 rings (SSSR count). The van der Waals surface area contributed by atoms with Gasteiger partial charge in [0, 0.05) is 24.6 Å². The number of rotatable bonds is 4. The first-order valence-electron chi connectivity index (χ1n) is 10.1. The van der Waals surface area contributed by atoms with Gasteiger partial charge in [0.2, 0.25) is 0 Å². The van der Waals surface area contributed by atoms with Crippen LogP contribution < -0.4 is 15.5 Å². The minimum Gasteiger partial charge on any atom is -0.335 e. The molecule has 4 nitrogen and oxygen atoms in total. The molecule has 0 saturated carbocycles. The number of anilines is 1. The van der Waals surface area contributed by atoms with Crippen LogP contribution in [0.2, 0.25) is 0 Å². The van der Waals surface area contributed by atoms with E-state index in [-0.39, 0.29) is 12.1 Å². The van der Waals surface area contributed by atoms with Crippen molar-refractivity contribution in [1.82, 2.24) is 5.32 Å². The summed E-state index contributed by atoms with van der Waals surface area (Å²) in [5.74, 6) is 0. The zero-order valence-electron chi connectivity index (χ0n) is 16.3. The summed E-state index contributed by atoms with van der Waals surface area (Å²) in [7, 11) is 0. The average molecular weight is 385 g/mol. The fraction of sp³-hybridized carbons (Fsp3) is 0.500. The number of fused-ring (bicyclic) bond motifs is 2. The zero-order valence-corrected chi connectivity index (χ0v) is 17.1. The summed E-state index contributed by atoms with van der Waals surface area (Å²) in [6, 6.07) is 12.1. The zero-order chi connectivity index (χ0) is 18.8. The van der Waals surface area contributed by atoms with Crippen molar-refractivity contribution in [2.45, 2.75) is 70.6 Å². The van der Waals surface area contributed by atoms with Crippen LogP contribution in [0.1, 0.15) is 48.1 Å². The lowest BCUT2D eigenvalue weighted by Gasteiger charge is -2.45. The number of carbonyl (C=O) groups is 1. The molecule has 5 heteroatoms. The number of amides is 2. The molecule has 3 heterocycles. The van der Waals surface area contributed by atoms with Crippen molar-refractivity contribution in [3.05, 3.63) is 51.7 Å². The predicted octanol–water partition coefficient (Wildman–Crippen LogP) is 3.66. The van der Waals surface area contributed by atoms with E-state index in [2.05, 4.69) is 28.1 Å². The second-order valence-electron chi connectivity index (χ2n) is 8.19. The molecule has 1 aromatic carbocycles. The first-order valence-corrected chi connectivity index (χ1v) is 11.0. The largest absolute Gasteiger partial charge is 0.335 e. The van der Waals surface area contributed by atoms with Crippen molar-refractivity contribution in [3.8, 4) is 0 Å². The predicted molar refractivity (Wildman–Crippen MR) is 112 cm³/mol. The number of hydrogen-bond donors (Lipinski definition) is 3. The van der Waals surface area contributed by atoms with E-state index in [4.69, 9.17) is 0 Å². The van der Waals surface area contributed by atoms with Crippen molar-refractivity contribution in [2.24, 2.45) is 0 Å². The highest BCUT2D eigenvalue weighted by molar-refractivity contribution is 7.09. The average Bonchev–Trinajstić information content (AvgIpc) is 3.12. The van der Waals surface area contributed by atoms with Gasteiger partial charge in [0.15, 0.2) is 0 Å². The molecule has 0 radical (unpaired) electrons. The molecular formula is C22H30N3OS+. The maximum atomic E-state index is 12.6. The number of nitrogens with one attached hydrogen (secondary N) is 3. The number of piperidine rings is 2. The molecule has 2 aliphatic rings. The van der Waals surface area contributed by atoms with E-state index in [0.717, 1.165) is 36.2 Å². The smallest absolute Gasteiger partial charge is 0.319 e. The van der Waals surface area contributed by atoms with E-state index in [0.29, 0.717) is 12.1 Å². The number of quaternary nitrogens is 1. The van der Waals surface area contributed by atoms with Crippen molar-refractivity contribution in [1.29, 1.82) is 0 Å². The van der Waals surface area contributed by atoms with E-state index in [1.807, 2.05) is 43.4 Å². The molecule has 2 fully saturated rings. The maximum absolute atomic E-state index is 12.6. The highest BCUT2D eigenvalue weighted by Gasteiger charge is 2.42. The van der Waals surface area contributed by atoms with Gasteiger partial charge in [-0.2, -0.15) is 0 Å². The van der Waals surface area contributed by atoms with Crippen LogP contribution in [-0.4, -0.2) is 24.2 Å². The van der Waals surface area contributed by atoms with E-state index in [1.165, 1.54) is 24.1 Å². The van der Waals surface area contributed by atoms with Crippen LogP contribution >= 0.6 is 11.3 Å². The fourth-order valence-electron chi connectivity index (χ4n) is 5.00. The summed E-state index contributed by atoms with van der Waals surface area (Å²) in [5, 5.41) is 8.53. The Labute approximate surface area is 166 Å². The van der Waals surface area contributed by atoms with Crippen molar-refractivity contribution in [2.75, 3.05) is 5.32 Å². The molecule has 2 saturated heterocycles. The van der Waals surface area contributed by atoms with Gasteiger partial charge in [-0.25, -0.2) is 4.79 Å². The number of thiophene rings is 1. The van der Waals surface area contributed by atoms with Crippen LogP contribution in [0.3, 0.4) is 0 Å². The van der Waals surface area contributed by atoms with Crippen molar-refractivity contribution < 1.29 is 9.69 Å². The van der Waals surface area contributed by atoms with Gasteiger partial charge >= 0.3 is 6.03 Å². The topological polar surface area (TPSA) is 45.6 Å². The summed E-state index contributed by atoms with van der Waals surface area (Å²) < 4.78 is 0. The van der Waals surface area contributed by atoms with Crippen molar-refractivity contribution in [3.63, 3.8) is 0 Å². The molecule has 144 valence electrons. The van der Waals surface area contributed by atoms with Gasteiger partial charge in [-0.05, 0) is 55.7 Å². The minimum absolute atomic E-state index is 0.0582. The van der Waals surface area contributed by atoms with E-state index in [9.17, 15) is 4.79 Å². The number of urea groups is 1. The Hall–Kier alpha value is -1.85. The first-order chi connectivity index (χ1) is 13.1. The Kier molecular flexibility index (Phi) is 5.50. The van der Waals surface area contributed by atoms with Crippen LogP contribution in [0.15, 0.2) is 35.7 Å². The normalized spacial score (nSPS) is 27.2. The fourth-order valence-corrected chi connectivity index (χ4v) is 5.74. The molecule has 1 aromatic heterocycles. The van der Waals surface area contributed by atoms with E-state index in [1.54, 1.807) is 4.90 Å². The first kappa shape index (κ1) is 18.5. The molecule has 3 N–H and O–H groups in total. The van der Waals surface area contributed by atoms with Gasteiger partial charge in [0.25, 0.3) is 0 Å². The van der Waals surface area contributed by atoms with Gasteiger partial charge in [-0.3, -0.25) is 0 Å². The minimum atomic E-state index is -0.0582. The van der Waals surface area contributed by atoms with Crippen LogP contribution in [0.5, 0.6) is 0 Å². The summed E-state index contributed by atoms with van der Waals surface area (Å²) >= 11 is 1.87. The second kappa shape index (κ2) is 8.03. The molecule has 0 aliphatic carbocycles. The lowest BCUT2D eigenvalue weighted by Crippen LogP contribution is -3.20. The summed E-state index contributed by atoms with van der Waals surface area (Å²) in [5.41, 5.74) is 3.16. The summed E-state index contributed by atoms with van der Waals surface area (Å²) in [6.45, 7) is 5.23. The summed E-state index contributed by atoms with van der Waals surface area (Å²) in [6.07, 6.45) is 6.10. The van der Waals surface area contributed by atoms with Gasteiger partial charge in [-0.15, -0.1) is 11.3 Å². The Morgan fingerprint density at radius 3 is 2.44 bits per heavy atom. The van der Waals surface area contributed by atoms with E-state index < -0.39 is 0 Å². The third-order valence-electron chi connectivity index (χ3n) is 6.31. The van der Waals surface area contributed by atoms with Gasteiger partial charge in [0.1, 0.15) is 6.54 Å². The lowest BCUT2D eigenvalue weighted by atomic mass is 9.81.